The summed E-state index contributed by atoms with van der Waals surface area (Å²) in [5, 5.41) is 17.8. The highest BCUT2D eigenvalue weighted by Crippen LogP contribution is 2.01. The highest BCUT2D eigenvalue weighted by molar-refractivity contribution is 5.77. The van der Waals surface area contributed by atoms with Crippen molar-refractivity contribution in [3.63, 3.8) is 0 Å². The summed E-state index contributed by atoms with van der Waals surface area (Å²) in [6.07, 6.45) is 0. The van der Waals surface area contributed by atoms with Crippen LogP contribution in [0.2, 0.25) is 0 Å². The third-order valence-corrected chi connectivity index (χ3v) is 3.36. The Kier molecular flexibility index (Phi) is 11.2. The van der Waals surface area contributed by atoms with E-state index in [2.05, 4.69) is 0 Å². The zero-order valence-corrected chi connectivity index (χ0v) is 14.3. The van der Waals surface area contributed by atoms with Crippen molar-refractivity contribution >= 4 is 17.7 Å². The molecule has 1 rings (SSSR count). The molecule has 0 aromatic rings. The second-order valence-corrected chi connectivity index (χ2v) is 5.32. The van der Waals surface area contributed by atoms with Crippen LogP contribution in [0.3, 0.4) is 0 Å². The molecule has 134 valence electrons. The topological polar surface area (TPSA) is 101 Å². The molecule has 1 aliphatic rings. The van der Waals surface area contributed by atoms with Gasteiger partial charge in [0.15, 0.2) is 0 Å². The van der Waals surface area contributed by atoms with E-state index in [9.17, 15) is 14.4 Å². The van der Waals surface area contributed by atoms with Crippen molar-refractivity contribution in [1.29, 1.82) is 0 Å². The number of Topliss-reactive ketones (excluding diaryl/α,β-unsaturated/α-hetero) is 1. The summed E-state index contributed by atoms with van der Waals surface area (Å²) in [5.74, 6) is -1.77. The van der Waals surface area contributed by atoms with Gasteiger partial charge in [-0.2, -0.15) is 0 Å². The number of aliphatic carboxylic acids is 2. The van der Waals surface area contributed by atoms with Crippen LogP contribution in [-0.4, -0.2) is 102 Å². The van der Waals surface area contributed by atoms with Gasteiger partial charge in [0.05, 0.1) is 19.6 Å². The molecule has 0 unspecified atom stereocenters. The van der Waals surface area contributed by atoms with E-state index in [1.807, 2.05) is 18.7 Å². The van der Waals surface area contributed by atoms with E-state index in [4.69, 9.17) is 10.2 Å². The Balaban J connectivity index is 0.00000232. The maximum Gasteiger partial charge on any atom is 0.317 e. The normalized spacial score (nSPS) is 18.0. The molecule has 0 aromatic heterocycles. The zero-order valence-electron chi connectivity index (χ0n) is 14.3. The van der Waals surface area contributed by atoms with Crippen molar-refractivity contribution in [2.45, 2.75) is 20.8 Å². The van der Waals surface area contributed by atoms with Crippen LogP contribution < -0.4 is 0 Å². The third kappa shape index (κ3) is 10.8. The summed E-state index contributed by atoms with van der Waals surface area (Å²) in [6.45, 7) is 9.01. The average molecular weight is 331 g/mol. The highest BCUT2D eigenvalue weighted by Gasteiger charge is 2.19. The maximum atomic E-state index is 11.3. The van der Waals surface area contributed by atoms with Gasteiger partial charge in [-0.15, -0.1) is 0 Å². The first kappa shape index (κ1) is 21.5. The number of carboxylic acid groups (broad SMARTS) is 2. The van der Waals surface area contributed by atoms with E-state index in [-0.39, 0.29) is 18.9 Å². The van der Waals surface area contributed by atoms with E-state index < -0.39 is 11.9 Å². The summed E-state index contributed by atoms with van der Waals surface area (Å²) in [4.78, 5) is 38.5. The minimum atomic E-state index is -0.905. The van der Waals surface area contributed by atoms with Crippen LogP contribution >= 0.6 is 0 Å². The number of hydrogen-bond donors (Lipinski definition) is 2. The number of carbonyl (C=O) groups is 3. The first-order valence-electron chi connectivity index (χ1n) is 7.97. The first-order chi connectivity index (χ1) is 10.9. The molecule has 8 nitrogen and oxygen atoms in total. The van der Waals surface area contributed by atoms with Gasteiger partial charge in [0.25, 0.3) is 0 Å². The van der Waals surface area contributed by atoms with Crippen LogP contribution in [0.15, 0.2) is 0 Å². The number of hydrogen-bond acceptors (Lipinski definition) is 6. The van der Waals surface area contributed by atoms with E-state index >= 15 is 0 Å². The van der Waals surface area contributed by atoms with Crippen LogP contribution in [0.4, 0.5) is 0 Å². The molecule has 23 heavy (non-hydrogen) atoms. The molecule has 8 heteroatoms. The molecule has 1 heterocycles. The molecular weight excluding hydrogens is 302 g/mol. The Morgan fingerprint density at radius 2 is 0.957 bits per heavy atom. The molecule has 0 saturated carbocycles. The Bertz CT molecular complexity index is 320. The standard InChI is InChI=1S/C13H23N3O5.C2H6/c1-11(17)8-14-2-4-15(9-12(18)19)6-7-16(5-3-14)10-13(20)21;1-2/h2-10H2,1H3,(H,18,19)(H,20,21);1-2H3. The molecule has 0 spiro atoms. The second kappa shape index (κ2) is 12.0. The molecule has 1 saturated heterocycles. The molecule has 1 aliphatic heterocycles. The number of ketones is 1. The van der Waals surface area contributed by atoms with Crippen molar-refractivity contribution in [2.24, 2.45) is 0 Å². The maximum absolute atomic E-state index is 11.3. The van der Waals surface area contributed by atoms with Gasteiger partial charge in [-0.25, -0.2) is 0 Å². The van der Waals surface area contributed by atoms with Crippen molar-refractivity contribution in [1.82, 2.24) is 14.7 Å². The molecule has 0 aromatic carbocycles. The van der Waals surface area contributed by atoms with Gasteiger partial charge >= 0.3 is 11.9 Å². The highest BCUT2D eigenvalue weighted by atomic mass is 16.4. The molecule has 0 radical (unpaired) electrons. The van der Waals surface area contributed by atoms with Gasteiger partial charge in [-0.05, 0) is 6.92 Å². The summed E-state index contributed by atoms with van der Waals surface area (Å²) in [5.41, 5.74) is 0. The largest absolute Gasteiger partial charge is 0.480 e. The minimum Gasteiger partial charge on any atom is -0.480 e. The SMILES string of the molecule is CC.CC(=O)CN1CCN(CC(=O)O)CCN(CC(=O)O)CC1. The van der Waals surface area contributed by atoms with Crippen molar-refractivity contribution < 1.29 is 24.6 Å². The predicted molar refractivity (Wildman–Crippen MR) is 86.6 cm³/mol. The van der Waals surface area contributed by atoms with Crippen molar-refractivity contribution in [2.75, 3.05) is 58.9 Å². The van der Waals surface area contributed by atoms with Gasteiger partial charge < -0.3 is 10.2 Å². The van der Waals surface area contributed by atoms with Crippen LogP contribution in [0, 0.1) is 0 Å². The number of nitrogens with zero attached hydrogens (tertiary/aromatic N) is 3. The molecule has 2 N–H and O–H groups in total. The van der Waals surface area contributed by atoms with Gasteiger partial charge in [0, 0.05) is 39.3 Å². The number of carbonyl (C=O) groups excluding carboxylic acids is 1. The fraction of sp³-hybridized carbons (Fsp3) is 0.800. The Morgan fingerprint density at radius 1 is 0.696 bits per heavy atom. The second-order valence-electron chi connectivity index (χ2n) is 5.32. The summed E-state index contributed by atoms with van der Waals surface area (Å²) in [7, 11) is 0. The van der Waals surface area contributed by atoms with E-state index in [1.54, 1.807) is 9.80 Å². The van der Waals surface area contributed by atoms with Crippen molar-refractivity contribution in [3.8, 4) is 0 Å². The summed E-state index contributed by atoms with van der Waals surface area (Å²) < 4.78 is 0. The van der Waals surface area contributed by atoms with Crippen LogP contribution in [0.5, 0.6) is 0 Å². The smallest absolute Gasteiger partial charge is 0.317 e. The first-order valence-corrected chi connectivity index (χ1v) is 7.97. The van der Waals surface area contributed by atoms with Gasteiger partial charge in [-0.1, -0.05) is 13.8 Å². The summed E-state index contributed by atoms with van der Waals surface area (Å²) >= 11 is 0. The number of carboxylic acids is 2. The Labute approximate surface area is 137 Å². The van der Waals surface area contributed by atoms with E-state index in [1.165, 1.54) is 6.92 Å². The summed E-state index contributed by atoms with van der Waals surface area (Å²) in [6, 6.07) is 0. The lowest BCUT2D eigenvalue weighted by Crippen LogP contribution is -2.40. The van der Waals surface area contributed by atoms with Crippen LogP contribution in [0.1, 0.15) is 20.8 Å². The van der Waals surface area contributed by atoms with E-state index in [0.29, 0.717) is 45.8 Å². The predicted octanol–water partition coefficient (Wildman–Crippen LogP) is -0.310. The van der Waals surface area contributed by atoms with Crippen LogP contribution in [-0.2, 0) is 14.4 Å². The minimum absolute atomic E-state index is 0.0452. The van der Waals surface area contributed by atoms with E-state index in [0.717, 1.165) is 0 Å². The monoisotopic (exact) mass is 331 g/mol. The molecule has 0 amide bonds. The fourth-order valence-corrected chi connectivity index (χ4v) is 2.36. The molecule has 0 atom stereocenters. The van der Waals surface area contributed by atoms with Gasteiger partial charge in [0.1, 0.15) is 5.78 Å². The van der Waals surface area contributed by atoms with Crippen LogP contribution in [0.25, 0.3) is 0 Å². The molecule has 1 fully saturated rings. The quantitative estimate of drug-likeness (QED) is 0.683. The molecule has 0 aliphatic carbocycles. The third-order valence-electron chi connectivity index (χ3n) is 3.36. The number of rotatable bonds is 6. The van der Waals surface area contributed by atoms with Gasteiger partial charge in [-0.3, -0.25) is 29.1 Å². The molecule has 0 bridgehead atoms. The Hall–Kier alpha value is -1.51. The zero-order chi connectivity index (χ0) is 17.8. The Morgan fingerprint density at radius 3 is 1.17 bits per heavy atom. The lowest BCUT2D eigenvalue weighted by molar-refractivity contribution is -0.140. The lowest BCUT2D eigenvalue weighted by Gasteiger charge is -2.23. The van der Waals surface area contributed by atoms with Gasteiger partial charge in [0.2, 0.25) is 0 Å². The fourth-order valence-electron chi connectivity index (χ4n) is 2.36. The lowest BCUT2D eigenvalue weighted by atomic mass is 10.3. The average Bonchev–Trinajstić information content (AvgIpc) is 2.54. The molecular formula is C15H29N3O5. The van der Waals surface area contributed by atoms with Crippen molar-refractivity contribution in [3.05, 3.63) is 0 Å².